The van der Waals surface area contributed by atoms with Crippen LogP contribution in [0.4, 0.5) is 0 Å². The van der Waals surface area contributed by atoms with E-state index in [1.807, 2.05) is 24.3 Å². The minimum absolute atomic E-state index is 0.250. The summed E-state index contributed by atoms with van der Waals surface area (Å²) in [6.45, 7) is 0.250. The third-order valence-corrected chi connectivity index (χ3v) is 3.68. The van der Waals surface area contributed by atoms with Crippen LogP contribution in [0.2, 0.25) is 0 Å². The molecule has 1 aromatic carbocycles. The second-order valence-corrected chi connectivity index (χ2v) is 5.11. The van der Waals surface area contributed by atoms with Crippen LogP contribution in [0.5, 0.6) is 5.75 Å². The summed E-state index contributed by atoms with van der Waals surface area (Å²) in [6, 6.07) is 7.55. The molecule has 2 N–H and O–H groups in total. The van der Waals surface area contributed by atoms with Crippen LogP contribution < -0.4 is 4.74 Å². The van der Waals surface area contributed by atoms with Crippen LogP contribution in [-0.4, -0.2) is 41.8 Å². The number of aliphatic hydroxyl groups is 2. The van der Waals surface area contributed by atoms with Crippen molar-refractivity contribution in [2.75, 3.05) is 13.7 Å². The first-order valence-corrected chi connectivity index (χ1v) is 6.68. The predicted molar refractivity (Wildman–Crippen MR) is 74.9 cm³/mol. The SMILES string of the molecule is COc1ccc(C=NC[C@@]2(O)CCCC[C@H]2O)cc1. The number of hydrogen-bond donors (Lipinski definition) is 2. The second kappa shape index (κ2) is 6.17. The van der Waals surface area contributed by atoms with Gasteiger partial charge in [-0.2, -0.15) is 0 Å². The average Bonchev–Trinajstić information content (AvgIpc) is 2.43. The fourth-order valence-corrected chi connectivity index (χ4v) is 2.39. The molecule has 0 spiro atoms. The van der Waals surface area contributed by atoms with Crippen molar-refractivity contribution in [2.24, 2.45) is 4.99 Å². The van der Waals surface area contributed by atoms with Gasteiger partial charge in [-0.25, -0.2) is 0 Å². The molecule has 2 atom stereocenters. The van der Waals surface area contributed by atoms with Crippen molar-refractivity contribution in [3.63, 3.8) is 0 Å². The number of hydrogen-bond acceptors (Lipinski definition) is 4. The van der Waals surface area contributed by atoms with Crippen molar-refractivity contribution in [3.05, 3.63) is 29.8 Å². The van der Waals surface area contributed by atoms with Gasteiger partial charge in [-0.1, -0.05) is 12.8 Å². The maximum absolute atomic E-state index is 10.3. The highest BCUT2D eigenvalue weighted by atomic mass is 16.5. The lowest BCUT2D eigenvalue weighted by Gasteiger charge is -2.35. The molecule has 1 fully saturated rings. The van der Waals surface area contributed by atoms with Crippen LogP contribution in [-0.2, 0) is 0 Å². The van der Waals surface area contributed by atoms with Crippen molar-refractivity contribution in [1.82, 2.24) is 0 Å². The van der Waals surface area contributed by atoms with Gasteiger partial charge in [0.1, 0.15) is 11.4 Å². The zero-order valence-corrected chi connectivity index (χ0v) is 11.2. The Bertz CT molecular complexity index is 430. The molecular formula is C15H21NO3. The molecule has 0 amide bonds. The minimum atomic E-state index is -1.05. The van der Waals surface area contributed by atoms with E-state index in [1.165, 1.54) is 0 Å². The summed E-state index contributed by atoms with van der Waals surface area (Å²) in [7, 11) is 1.63. The zero-order chi connectivity index (χ0) is 13.7. The number of methoxy groups -OCH3 is 1. The van der Waals surface area contributed by atoms with Gasteiger partial charge < -0.3 is 14.9 Å². The van der Waals surface area contributed by atoms with E-state index in [0.717, 1.165) is 24.2 Å². The summed E-state index contributed by atoms with van der Waals surface area (Å²) < 4.78 is 5.08. The summed E-state index contributed by atoms with van der Waals surface area (Å²) >= 11 is 0. The van der Waals surface area contributed by atoms with Crippen molar-refractivity contribution in [3.8, 4) is 5.75 Å². The van der Waals surface area contributed by atoms with Crippen molar-refractivity contribution < 1.29 is 14.9 Å². The molecule has 2 rings (SSSR count). The molecule has 0 unspecified atom stereocenters. The molecule has 1 aliphatic rings. The van der Waals surface area contributed by atoms with Gasteiger partial charge in [-0.15, -0.1) is 0 Å². The van der Waals surface area contributed by atoms with E-state index in [-0.39, 0.29) is 6.54 Å². The number of aliphatic imine (C=N–C) groups is 1. The summed E-state index contributed by atoms with van der Waals surface area (Å²) in [6.07, 6.45) is 4.27. The third-order valence-electron chi connectivity index (χ3n) is 3.68. The van der Waals surface area contributed by atoms with Crippen LogP contribution in [0.15, 0.2) is 29.3 Å². The Morgan fingerprint density at radius 2 is 2.11 bits per heavy atom. The van der Waals surface area contributed by atoms with Gasteiger partial charge in [0.05, 0.1) is 19.8 Å². The first kappa shape index (κ1) is 14.0. The normalized spacial score (nSPS) is 27.6. The predicted octanol–water partition coefficient (Wildman–Crippen LogP) is 1.78. The van der Waals surface area contributed by atoms with E-state index < -0.39 is 11.7 Å². The van der Waals surface area contributed by atoms with Crippen molar-refractivity contribution in [1.29, 1.82) is 0 Å². The molecule has 0 heterocycles. The zero-order valence-electron chi connectivity index (χ0n) is 11.2. The minimum Gasteiger partial charge on any atom is -0.497 e. The fraction of sp³-hybridized carbons (Fsp3) is 0.533. The lowest BCUT2D eigenvalue weighted by Crippen LogP contribution is -2.47. The maximum atomic E-state index is 10.3. The number of benzene rings is 1. The molecule has 0 bridgehead atoms. The number of aliphatic hydroxyl groups excluding tert-OH is 1. The van der Waals surface area contributed by atoms with E-state index in [2.05, 4.69) is 4.99 Å². The van der Waals surface area contributed by atoms with Gasteiger partial charge >= 0.3 is 0 Å². The molecule has 1 aromatic rings. The summed E-state index contributed by atoms with van der Waals surface area (Å²) in [5.74, 6) is 0.804. The van der Waals surface area contributed by atoms with Crippen LogP contribution in [0, 0.1) is 0 Å². The average molecular weight is 263 g/mol. The van der Waals surface area contributed by atoms with E-state index in [1.54, 1.807) is 13.3 Å². The highest BCUT2D eigenvalue weighted by molar-refractivity contribution is 5.79. The Kier molecular flexibility index (Phi) is 4.56. The number of rotatable bonds is 4. The molecule has 1 aliphatic carbocycles. The van der Waals surface area contributed by atoms with Gasteiger partial charge in [0.25, 0.3) is 0 Å². The Morgan fingerprint density at radius 3 is 2.74 bits per heavy atom. The molecule has 4 nitrogen and oxygen atoms in total. The van der Waals surface area contributed by atoms with Crippen molar-refractivity contribution >= 4 is 6.21 Å². The lowest BCUT2D eigenvalue weighted by atomic mass is 9.82. The first-order valence-electron chi connectivity index (χ1n) is 6.68. The topological polar surface area (TPSA) is 62.0 Å². The second-order valence-electron chi connectivity index (χ2n) is 5.11. The highest BCUT2D eigenvalue weighted by Crippen LogP contribution is 2.28. The van der Waals surface area contributed by atoms with Crippen molar-refractivity contribution in [2.45, 2.75) is 37.4 Å². The molecule has 4 heteroatoms. The maximum Gasteiger partial charge on any atom is 0.118 e. The summed E-state index contributed by atoms with van der Waals surface area (Å²) in [5, 5.41) is 20.2. The Hall–Kier alpha value is -1.39. The molecule has 0 aliphatic heterocycles. The highest BCUT2D eigenvalue weighted by Gasteiger charge is 2.37. The van der Waals surface area contributed by atoms with Gasteiger partial charge in [-0.05, 0) is 42.7 Å². The van der Waals surface area contributed by atoms with Gasteiger partial charge in [-0.3, -0.25) is 4.99 Å². The van der Waals surface area contributed by atoms with E-state index >= 15 is 0 Å². The van der Waals surface area contributed by atoms with Gasteiger partial charge in [0.2, 0.25) is 0 Å². The Balaban J connectivity index is 1.94. The van der Waals surface area contributed by atoms with Crippen LogP contribution in [0.3, 0.4) is 0 Å². The van der Waals surface area contributed by atoms with Crippen LogP contribution in [0.1, 0.15) is 31.2 Å². The molecular weight excluding hydrogens is 242 g/mol. The Morgan fingerprint density at radius 1 is 1.37 bits per heavy atom. The van der Waals surface area contributed by atoms with Gasteiger partial charge in [0, 0.05) is 6.21 Å². The molecule has 0 radical (unpaired) electrons. The first-order chi connectivity index (χ1) is 9.14. The molecule has 0 saturated heterocycles. The largest absolute Gasteiger partial charge is 0.497 e. The van der Waals surface area contributed by atoms with Crippen LogP contribution in [0.25, 0.3) is 0 Å². The molecule has 19 heavy (non-hydrogen) atoms. The standard InChI is InChI=1S/C15H21NO3/c1-19-13-7-5-12(6-8-13)10-16-11-15(18)9-3-2-4-14(15)17/h5-8,10,14,17-18H,2-4,9,11H2,1H3/t14-,15+/m1/s1. The quantitative estimate of drug-likeness (QED) is 0.814. The lowest BCUT2D eigenvalue weighted by molar-refractivity contribution is -0.0921. The van der Waals surface area contributed by atoms with E-state index in [0.29, 0.717) is 12.8 Å². The molecule has 0 aromatic heterocycles. The summed E-state index contributed by atoms with van der Waals surface area (Å²) in [5.41, 5.74) is -0.101. The number of ether oxygens (including phenoxy) is 1. The molecule has 1 saturated carbocycles. The van der Waals surface area contributed by atoms with E-state index in [9.17, 15) is 10.2 Å². The van der Waals surface area contributed by atoms with Crippen LogP contribution >= 0.6 is 0 Å². The Labute approximate surface area is 113 Å². The molecule has 104 valence electrons. The monoisotopic (exact) mass is 263 g/mol. The number of nitrogens with zero attached hydrogens (tertiary/aromatic N) is 1. The fourth-order valence-electron chi connectivity index (χ4n) is 2.39. The van der Waals surface area contributed by atoms with E-state index in [4.69, 9.17) is 4.74 Å². The third kappa shape index (κ3) is 3.55. The summed E-state index contributed by atoms with van der Waals surface area (Å²) in [4.78, 5) is 4.27. The smallest absolute Gasteiger partial charge is 0.118 e. The van der Waals surface area contributed by atoms with Gasteiger partial charge in [0.15, 0.2) is 0 Å².